The van der Waals surface area contributed by atoms with Crippen LogP contribution in [-0.4, -0.2) is 39.9 Å². The van der Waals surface area contributed by atoms with E-state index in [4.69, 9.17) is 4.74 Å². The van der Waals surface area contributed by atoms with Gasteiger partial charge < -0.3 is 14.6 Å². The summed E-state index contributed by atoms with van der Waals surface area (Å²) in [6.07, 6.45) is 1.01. The van der Waals surface area contributed by atoms with Gasteiger partial charge in [-0.05, 0) is 24.1 Å². The Morgan fingerprint density at radius 3 is 2.74 bits per heavy atom. The van der Waals surface area contributed by atoms with Crippen LogP contribution in [0.25, 0.3) is 22.3 Å². The van der Waals surface area contributed by atoms with Crippen molar-refractivity contribution in [3.05, 3.63) is 59.5 Å². The average Bonchev–Trinajstić information content (AvgIpc) is 3.40. The van der Waals surface area contributed by atoms with Crippen LogP contribution in [0.15, 0.2) is 59.1 Å². The summed E-state index contributed by atoms with van der Waals surface area (Å²) < 4.78 is 7.33. The van der Waals surface area contributed by atoms with E-state index in [1.165, 1.54) is 28.7 Å². The lowest BCUT2D eigenvalue weighted by atomic mass is 10.1. The fourth-order valence-corrected chi connectivity index (χ4v) is 4.80. The van der Waals surface area contributed by atoms with Crippen LogP contribution < -0.4 is 5.32 Å². The number of nitrogens with zero attached hydrogens (tertiary/aromatic N) is 3. The summed E-state index contributed by atoms with van der Waals surface area (Å²) in [7, 11) is 1.68. The van der Waals surface area contributed by atoms with E-state index in [0.717, 1.165) is 33.9 Å². The number of fused-ring (bicyclic) bond motifs is 1. The Balaban J connectivity index is 1.40. The number of aromatic nitrogens is 3. The van der Waals surface area contributed by atoms with Gasteiger partial charge in [-0.25, -0.2) is 9.97 Å². The molecule has 4 rings (SSSR count). The second-order valence-corrected chi connectivity index (χ2v) is 8.75. The molecule has 0 aliphatic rings. The normalized spacial score (nSPS) is 11.2. The molecule has 0 radical (unpaired) electrons. The zero-order chi connectivity index (χ0) is 21.6. The largest absolute Gasteiger partial charge is 0.383 e. The van der Waals surface area contributed by atoms with E-state index in [2.05, 4.69) is 51.0 Å². The van der Waals surface area contributed by atoms with Crippen LogP contribution in [0.5, 0.6) is 0 Å². The maximum atomic E-state index is 12.5. The van der Waals surface area contributed by atoms with E-state index in [1.54, 1.807) is 7.11 Å². The number of anilines is 1. The summed E-state index contributed by atoms with van der Waals surface area (Å²) in [6, 6.07) is 16.3. The summed E-state index contributed by atoms with van der Waals surface area (Å²) in [6.45, 7) is 3.41. The van der Waals surface area contributed by atoms with Gasteiger partial charge in [0.25, 0.3) is 0 Å². The molecule has 0 saturated carbocycles. The van der Waals surface area contributed by atoms with Crippen molar-refractivity contribution in [3.63, 3.8) is 0 Å². The van der Waals surface area contributed by atoms with Crippen molar-refractivity contribution >= 4 is 45.2 Å². The standard InChI is InChI=1S/C23H24N4O2S2/c1-3-16-8-10-17(11-9-16)19-14-30-22(24-19)26-21(28)15-31-23-25-18-6-4-5-7-20(18)27(23)12-13-29-2/h4-11,14H,3,12-13,15H2,1-2H3,(H,24,26,28). The van der Waals surface area contributed by atoms with Gasteiger partial charge in [0.15, 0.2) is 10.3 Å². The third kappa shape index (κ3) is 5.15. The molecule has 0 atom stereocenters. The van der Waals surface area contributed by atoms with Crippen molar-refractivity contribution in [2.45, 2.75) is 25.0 Å². The van der Waals surface area contributed by atoms with Gasteiger partial charge in [-0.2, -0.15) is 0 Å². The van der Waals surface area contributed by atoms with Crippen LogP contribution in [-0.2, 0) is 22.5 Å². The average molecular weight is 453 g/mol. The third-order valence-electron chi connectivity index (χ3n) is 4.88. The molecular formula is C23H24N4O2S2. The molecule has 0 aliphatic carbocycles. The van der Waals surface area contributed by atoms with E-state index < -0.39 is 0 Å². The van der Waals surface area contributed by atoms with Crippen LogP contribution >= 0.6 is 23.1 Å². The summed E-state index contributed by atoms with van der Waals surface area (Å²) in [5.74, 6) is 0.161. The Morgan fingerprint density at radius 2 is 1.97 bits per heavy atom. The number of thioether (sulfide) groups is 1. The lowest BCUT2D eigenvalue weighted by Gasteiger charge is -2.08. The number of ether oxygens (including phenoxy) is 1. The highest BCUT2D eigenvalue weighted by Crippen LogP contribution is 2.27. The Hall–Kier alpha value is -2.68. The Bertz CT molecular complexity index is 1170. The number of carbonyl (C=O) groups excluding carboxylic acids is 1. The van der Waals surface area contributed by atoms with Crippen LogP contribution in [0.2, 0.25) is 0 Å². The molecule has 2 heterocycles. The molecule has 0 bridgehead atoms. The smallest absolute Gasteiger partial charge is 0.236 e. The number of nitrogens with one attached hydrogen (secondary N) is 1. The lowest BCUT2D eigenvalue weighted by Crippen LogP contribution is -2.14. The molecule has 0 unspecified atom stereocenters. The maximum absolute atomic E-state index is 12.5. The summed E-state index contributed by atoms with van der Waals surface area (Å²) in [5.41, 5.74) is 5.18. The molecule has 0 fully saturated rings. The Morgan fingerprint density at radius 1 is 1.16 bits per heavy atom. The van der Waals surface area contributed by atoms with E-state index in [0.29, 0.717) is 18.3 Å². The van der Waals surface area contributed by atoms with Gasteiger partial charge in [0.1, 0.15) is 0 Å². The molecule has 0 aliphatic heterocycles. The molecule has 2 aromatic heterocycles. The van der Waals surface area contributed by atoms with E-state index in [-0.39, 0.29) is 11.7 Å². The number of hydrogen-bond donors (Lipinski definition) is 1. The first-order valence-electron chi connectivity index (χ1n) is 10.1. The monoisotopic (exact) mass is 452 g/mol. The van der Waals surface area contributed by atoms with Gasteiger partial charge in [0.2, 0.25) is 5.91 Å². The minimum atomic E-state index is -0.0995. The first kappa shape index (κ1) is 21.5. The molecule has 0 saturated heterocycles. The van der Waals surface area contributed by atoms with Crippen molar-refractivity contribution in [1.82, 2.24) is 14.5 Å². The van der Waals surface area contributed by atoms with Gasteiger partial charge in [-0.3, -0.25) is 4.79 Å². The number of para-hydroxylation sites is 2. The number of imidazole rings is 1. The van der Waals surface area contributed by atoms with Gasteiger partial charge in [0, 0.05) is 24.6 Å². The number of amides is 1. The molecule has 8 heteroatoms. The predicted molar refractivity (Wildman–Crippen MR) is 128 cm³/mol. The van der Waals surface area contributed by atoms with E-state index >= 15 is 0 Å². The van der Waals surface area contributed by atoms with Crippen molar-refractivity contribution in [3.8, 4) is 11.3 Å². The number of hydrogen-bond acceptors (Lipinski definition) is 6. The summed E-state index contributed by atoms with van der Waals surface area (Å²) in [4.78, 5) is 21.8. The van der Waals surface area contributed by atoms with Gasteiger partial charge in [0.05, 0.1) is 29.1 Å². The van der Waals surface area contributed by atoms with Crippen molar-refractivity contribution in [2.75, 3.05) is 24.8 Å². The molecule has 160 valence electrons. The second-order valence-electron chi connectivity index (χ2n) is 6.95. The quantitative estimate of drug-likeness (QED) is 0.358. The van der Waals surface area contributed by atoms with Gasteiger partial charge in [-0.15, -0.1) is 11.3 Å². The highest BCUT2D eigenvalue weighted by Gasteiger charge is 2.14. The molecular weight excluding hydrogens is 428 g/mol. The van der Waals surface area contributed by atoms with E-state index in [1.807, 2.05) is 29.6 Å². The zero-order valence-electron chi connectivity index (χ0n) is 17.5. The zero-order valence-corrected chi connectivity index (χ0v) is 19.1. The Kier molecular flexibility index (Phi) is 7.01. The van der Waals surface area contributed by atoms with Crippen LogP contribution in [0.3, 0.4) is 0 Å². The number of benzene rings is 2. The van der Waals surface area contributed by atoms with E-state index in [9.17, 15) is 4.79 Å². The van der Waals surface area contributed by atoms with Gasteiger partial charge >= 0.3 is 0 Å². The minimum Gasteiger partial charge on any atom is -0.383 e. The summed E-state index contributed by atoms with van der Waals surface area (Å²) in [5, 5.41) is 6.29. The molecule has 1 amide bonds. The number of rotatable bonds is 9. The fraction of sp³-hybridized carbons (Fsp3) is 0.261. The first-order valence-corrected chi connectivity index (χ1v) is 12.0. The number of carbonyl (C=O) groups is 1. The molecule has 1 N–H and O–H groups in total. The van der Waals surface area contributed by atoms with Crippen LogP contribution in [0.1, 0.15) is 12.5 Å². The highest BCUT2D eigenvalue weighted by molar-refractivity contribution is 7.99. The van der Waals surface area contributed by atoms with Crippen molar-refractivity contribution in [1.29, 1.82) is 0 Å². The fourth-order valence-electron chi connectivity index (χ4n) is 3.22. The molecule has 0 spiro atoms. The number of aryl methyl sites for hydroxylation is 1. The van der Waals surface area contributed by atoms with Crippen LogP contribution in [0.4, 0.5) is 5.13 Å². The van der Waals surface area contributed by atoms with Crippen LogP contribution in [0, 0.1) is 0 Å². The van der Waals surface area contributed by atoms with Gasteiger partial charge in [-0.1, -0.05) is 55.1 Å². The van der Waals surface area contributed by atoms with Crippen molar-refractivity contribution in [2.24, 2.45) is 0 Å². The predicted octanol–water partition coefficient (Wildman–Crippen LogP) is 5.10. The Labute approximate surface area is 189 Å². The third-order valence-corrected chi connectivity index (χ3v) is 6.61. The topological polar surface area (TPSA) is 69.0 Å². The second kappa shape index (κ2) is 10.1. The lowest BCUT2D eigenvalue weighted by molar-refractivity contribution is -0.113. The number of methoxy groups -OCH3 is 1. The minimum absolute atomic E-state index is 0.0995. The molecule has 2 aromatic carbocycles. The SMILES string of the molecule is CCc1ccc(-c2csc(NC(=O)CSc3nc4ccccc4n3CCOC)n2)cc1. The highest BCUT2D eigenvalue weighted by atomic mass is 32.2. The maximum Gasteiger partial charge on any atom is 0.236 e. The molecule has 4 aromatic rings. The summed E-state index contributed by atoms with van der Waals surface area (Å²) >= 11 is 2.85. The van der Waals surface area contributed by atoms with Crippen molar-refractivity contribution < 1.29 is 9.53 Å². The molecule has 31 heavy (non-hydrogen) atoms. The molecule has 6 nitrogen and oxygen atoms in total. The first-order chi connectivity index (χ1) is 15.2. The number of thiazole rings is 1.